The van der Waals surface area contributed by atoms with Crippen molar-refractivity contribution >= 4 is 51.1 Å². The lowest BCUT2D eigenvalue weighted by Crippen LogP contribution is -2.16. The van der Waals surface area contributed by atoms with Gasteiger partial charge in [0.2, 0.25) is 0 Å². The van der Waals surface area contributed by atoms with Gasteiger partial charge in [0.1, 0.15) is 17.3 Å². The number of nitrogens with zero attached hydrogens (tertiary/aromatic N) is 2. The third-order valence-electron chi connectivity index (χ3n) is 4.39. The highest BCUT2D eigenvalue weighted by Crippen LogP contribution is 2.36. The largest absolute Gasteiger partial charge is 0.495 e. The van der Waals surface area contributed by atoms with Crippen molar-refractivity contribution in [1.29, 1.82) is 0 Å². The van der Waals surface area contributed by atoms with Crippen molar-refractivity contribution in [2.75, 3.05) is 19.5 Å². The van der Waals surface area contributed by atoms with Crippen LogP contribution in [-0.4, -0.2) is 29.8 Å². The van der Waals surface area contributed by atoms with Crippen LogP contribution in [0.15, 0.2) is 48.0 Å². The van der Waals surface area contributed by atoms with Gasteiger partial charge >= 0.3 is 0 Å². The van der Waals surface area contributed by atoms with Gasteiger partial charge in [0.25, 0.3) is 5.91 Å². The van der Waals surface area contributed by atoms with E-state index in [1.54, 1.807) is 53.6 Å². The number of ether oxygens (including phenoxy) is 1. The molecule has 0 aliphatic heterocycles. The second kappa shape index (κ2) is 7.73. The summed E-state index contributed by atoms with van der Waals surface area (Å²) >= 11 is 7.54. The molecule has 2 heterocycles. The van der Waals surface area contributed by atoms with E-state index in [-0.39, 0.29) is 11.6 Å². The van der Waals surface area contributed by atoms with Gasteiger partial charge in [-0.3, -0.25) is 4.79 Å². The summed E-state index contributed by atoms with van der Waals surface area (Å²) in [6.07, 6.45) is 1.64. The number of anilines is 2. The third kappa shape index (κ3) is 3.52. The van der Waals surface area contributed by atoms with Crippen LogP contribution in [0.25, 0.3) is 16.6 Å². The minimum absolute atomic E-state index is 0.177. The number of amides is 1. The SMILES string of the molecule is CNC(=O)c1cc(-n2ncc3cc(Nc4c(Cl)cccc4OC)c(F)cc32)cs1. The van der Waals surface area contributed by atoms with Gasteiger partial charge in [0.05, 0.1) is 40.1 Å². The molecule has 2 aromatic heterocycles. The molecule has 0 saturated carbocycles. The number of para-hydroxylation sites is 1. The van der Waals surface area contributed by atoms with Gasteiger partial charge in [-0.25, -0.2) is 9.07 Å². The zero-order chi connectivity index (χ0) is 20.5. The van der Waals surface area contributed by atoms with Crippen LogP contribution in [-0.2, 0) is 0 Å². The fourth-order valence-corrected chi connectivity index (χ4v) is 3.99. The molecule has 4 rings (SSSR count). The van der Waals surface area contributed by atoms with E-state index in [0.717, 1.165) is 5.39 Å². The lowest BCUT2D eigenvalue weighted by atomic mass is 10.2. The Labute approximate surface area is 174 Å². The second-order valence-corrected chi connectivity index (χ2v) is 7.46. The van der Waals surface area contributed by atoms with E-state index in [2.05, 4.69) is 15.7 Å². The Bertz CT molecular complexity index is 1220. The van der Waals surface area contributed by atoms with E-state index in [0.29, 0.717) is 32.5 Å². The molecule has 9 heteroatoms. The molecule has 148 valence electrons. The molecular formula is C20H16ClFN4O2S. The van der Waals surface area contributed by atoms with Crippen LogP contribution >= 0.6 is 22.9 Å². The number of thiophene rings is 1. The molecule has 0 saturated heterocycles. The number of carbonyl (C=O) groups is 1. The minimum Gasteiger partial charge on any atom is -0.495 e. The van der Waals surface area contributed by atoms with Gasteiger partial charge in [-0.15, -0.1) is 11.3 Å². The maximum Gasteiger partial charge on any atom is 0.261 e. The molecule has 4 aromatic rings. The first kappa shape index (κ1) is 19.2. The maximum atomic E-state index is 14.9. The smallest absolute Gasteiger partial charge is 0.261 e. The van der Waals surface area contributed by atoms with Gasteiger partial charge in [-0.1, -0.05) is 17.7 Å². The van der Waals surface area contributed by atoms with Crippen LogP contribution in [0.2, 0.25) is 5.02 Å². The number of benzene rings is 2. The average molecular weight is 431 g/mol. The Balaban J connectivity index is 1.73. The first-order valence-corrected chi connectivity index (χ1v) is 9.85. The van der Waals surface area contributed by atoms with Crippen molar-refractivity contribution in [3.63, 3.8) is 0 Å². The summed E-state index contributed by atoms with van der Waals surface area (Å²) in [6, 6.07) is 9.96. The monoisotopic (exact) mass is 430 g/mol. The van der Waals surface area contributed by atoms with Gasteiger partial charge in [-0.05, 0) is 24.3 Å². The van der Waals surface area contributed by atoms with Crippen LogP contribution < -0.4 is 15.4 Å². The lowest BCUT2D eigenvalue weighted by Gasteiger charge is -2.13. The molecule has 0 bridgehead atoms. The van der Waals surface area contributed by atoms with Crippen LogP contribution in [0, 0.1) is 5.82 Å². The van der Waals surface area contributed by atoms with Crippen molar-refractivity contribution in [3.05, 3.63) is 63.7 Å². The van der Waals surface area contributed by atoms with Crippen LogP contribution in [0.4, 0.5) is 15.8 Å². The Hall–Kier alpha value is -3.10. The molecule has 0 aliphatic rings. The standard InChI is InChI=1S/C20H16ClFN4O2S/c1-23-20(27)18-7-12(10-29-18)26-16-8-14(22)15(6-11(16)9-24-26)25-19-13(21)4-3-5-17(19)28-2/h3-10,25H,1-2H3,(H,23,27). The highest BCUT2D eigenvalue weighted by molar-refractivity contribution is 7.12. The summed E-state index contributed by atoms with van der Waals surface area (Å²) < 4.78 is 21.8. The van der Waals surface area contributed by atoms with E-state index >= 15 is 0 Å². The number of halogens is 2. The maximum absolute atomic E-state index is 14.9. The number of fused-ring (bicyclic) bond motifs is 1. The van der Waals surface area contributed by atoms with Gasteiger partial charge in [0.15, 0.2) is 0 Å². The zero-order valence-corrected chi connectivity index (χ0v) is 17.1. The number of rotatable bonds is 5. The van der Waals surface area contributed by atoms with Crippen molar-refractivity contribution < 1.29 is 13.9 Å². The van der Waals surface area contributed by atoms with E-state index < -0.39 is 5.82 Å². The Morgan fingerprint density at radius 3 is 2.90 bits per heavy atom. The van der Waals surface area contributed by atoms with Crippen molar-refractivity contribution in [3.8, 4) is 11.4 Å². The molecule has 0 aliphatic carbocycles. The topological polar surface area (TPSA) is 68.2 Å². The number of hydrogen-bond donors (Lipinski definition) is 2. The highest BCUT2D eigenvalue weighted by Gasteiger charge is 2.15. The minimum atomic E-state index is -0.469. The summed E-state index contributed by atoms with van der Waals surface area (Å²) in [5, 5.41) is 12.9. The second-order valence-electron chi connectivity index (χ2n) is 6.14. The molecule has 0 spiro atoms. The summed E-state index contributed by atoms with van der Waals surface area (Å²) in [5.41, 5.74) is 2.01. The Morgan fingerprint density at radius 2 is 2.14 bits per heavy atom. The van der Waals surface area contributed by atoms with Crippen LogP contribution in [0.1, 0.15) is 9.67 Å². The first-order chi connectivity index (χ1) is 14.0. The van der Waals surface area contributed by atoms with Gasteiger partial charge in [-0.2, -0.15) is 5.10 Å². The predicted octanol–water partition coefficient (Wildman–Crippen LogP) is 4.99. The summed E-state index contributed by atoms with van der Waals surface area (Å²) in [7, 11) is 3.09. The normalized spacial score (nSPS) is 10.9. The quantitative estimate of drug-likeness (QED) is 0.468. The van der Waals surface area contributed by atoms with Crippen LogP contribution in [0.3, 0.4) is 0 Å². The molecule has 2 aromatic carbocycles. The first-order valence-electron chi connectivity index (χ1n) is 8.59. The number of aromatic nitrogens is 2. The van der Waals surface area contributed by atoms with E-state index in [1.165, 1.54) is 24.5 Å². The molecule has 0 radical (unpaired) electrons. The summed E-state index contributed by atoms with van der Waals surface area (Å²) in [4.78, 5) is 12.3. The van der Waals surface area contributed by atoms with Crippen molar-refractivity contribution in [1.82, 2.24) is 15.1 Å². The molecule has 1 amide bonds. The van der Waals surface area contributed by atoms with Crippen molar-refractivity contribution in [2.45, 2.75) is 0 Å². The highest BCUT2D eigenvalue weighted by atomic mass is 35.5. The van der Waals surface area contributed by atoms with Crippen LogP contribution in [0.5, 0.6) is 5.75 Å². The molecular weight excluding hydrogens is 415 g/mol. The molecule has 0 unspecified atom stereocenters. The Kier molecular flexibility index (Phi) is 5.12. The lowest BCUT2D eigenvalue weighted by molar-refractivity contribution is 0.0967. The van der Waals surface area contributed by atoms with Gasteiger partial charge in [0, 0.05) is 23.9 Å². The zero-order valence-electron chi connectivity index (χ0n) is 15.5. The Morgan fingerprint density at radius 1 is 1.31 bits per heavy atom. The molecule has 0 fully saturated rings. The fourth-order valence-electron chi connectivity index (χ4n) is 2.96. The molecule has 6 nitrogen and oxygen atoms in total. The summed E-state index contributed by atoms with van der Waals surface area (Å²) in [5.74, 6) is -0.139. The summed E-state index contributed by atoms with van der Waals surface area (Å²) in [6.45, 7) is 0. The third-order valence-corrected chi connectivity index (χ3v) is 5.62. The average Bonchev–Trinajstić information content (AvgIpc) is 3.36. The number of methoxy groups -OCH3 is 1. The molecule has 0 atom stereocenters. The van der Waals surface area contributed by atoms with E-state index in [9.17, 15) is 9.18 Å². The predicted molar refractivity (Wildman–Crippen MR) is 114 cm³/mol. The number of carbonyl (C=O) groups excluding carboxylic acids is 1. The molecule has 29 heavy (non-hydrogen) atoms. The van der Waals surface area contributed by atoms with Crippen molar-refractivity contribution in [2.24, 2.45) is 0 Å². The van der Waals surface area contributed by atoms with E-state index in [1.807, 2.05) is 0 Å². The van der Waals surface area contributed by atoms with E-state index in [4.69, 9.17) is 16.3 Å². The number of hydrogen-bond acceptors (Lipinski definition) is 5. The number of nitrogens with one attached hydrogen (secondary N) is 2. The molecule has 2 N–H and O–H groups in total. The van der Waals surface area contributed by atoms with Gasteiger partial charge < -0.3 is 15.4 Å². The fraction of sp³-hybridized carbons (Fsp3) is 0.100.